The van der Waals surface area contributed by atoms with Gasteiger partial charge < -0.3 is 9.15 Å². The molecule has 0 saturated carbocycles. The third-order valence-corrected chi connectivity index (χ3v) is 4.58. The number of hydrogen-bond acceptors (Lipinski definition) is 4. The first-order valence-corrected chi connectivity index (χ1v) is 8.06. The number of esters is 1. The second kappa shape index (κ2) is 5.80. The Balaban J connectivity index is 1.71. The second-order valence-electron chi connectivity index (χ2n) is 5.73. The van der Waals surface area contributed by atoms with E-state index in [2.05, 4.69) is 0 Å². The van der Waals surface area contributed by atoms with Crippen molar-refractivity contribution in [1.29, 1.82) is 0 Å². The normalized spacial score (nSPS) is 13.0. The summed E-state index contributed by atoms with van der Waals surface area (Å²) in [5.41, 5.74) is 2.23. The molecule has 1 aliphatic rings. The zero-order valence-corrected chi connectivity index (χ0v) is 13.4. The van der Waals surface area contributed by atoms with Crippen LogP contribution >= 0.6 is 11.6 Å². The van der Waals surface area contributed by atoms with Crippen molar-refractivity contribution in [3.8, 4) is 5.75 Å². The Bertz CT molecular complexity index is 1020. The number of ether oxygens (including phenoxy) is 1. The number of fused-ring (bicyclic) bond motifs is 3. The maximum atomic E-state index is 12.2. The van der Waals surface area contributed by atoms with Crippen molar-refractivity contribution in [2.24, 2.45) is 0 Å². The standard InChI is InChI=1S/C19H13ClO4/c20-16-7-2-1-4-15(16)19(22)23-11-8-9-13-12-5-3-6-14(12)18(21)24-17(13)10-11/h1-2,4,7-10H,3,5-6H2. The molecule has 5 heteroatoms. The molecule has 0 spiro atoms. The van der Waals surface area contributed by atoms with E-state index in [1.165, 1.54) is 0 Å². The fraction of sp³-hybridized carbons (Fsp3) is 0.158. The minimum atomic E-state index is -0.552. The monoisotopic (exact) mass is 340 g/mol. The van der Waals surface area contributed by atoms with Crippen molar-refractivity contribution in [3.63, 3.8) is 0 Å². The van der Waals surface area contributed by atoms with E-state index in [0.29, 0.717) is 16.4 Å². The summed E-state index contributed by atoms with van der Waals surface area (Å²) in [6.45, 7) is 0. The molecule has 0 saturated heterocycles. The molecule has 0 amide bonds. The Morgan fingerprint density at radius 3 is 2.71 bits per heavy atom. The summed E-state index contributed by atoms with van der Waals surface area (Å²) in [5.74, 6) is -0.239. The van der Waals surface area contributed by atoms with Gasteiger partial charge in [0, 0.05) is 17.0 Å². The molecule has 4 rings (SSSR count). The predicted octanol–water partition coefficient (Wildman–Crippen LogP) is 4.15. The van der Waals surface area contributed by atoms with Crippen LogP contribution in [0, 0.1) is 0 Å². The largest absolute Gasteiger partial charge is 0.423 e. The Morgan fingerprint density at radius 2 is 1.88 bits per heavy atom. The van der Waals surface area contributed by atoms with Crippen LogP contribution in [0.1, 0.15) is 27.9 Å². The van der Waals surface area contributed by atoms with E-state index < -0.39 is 5.97 Å². The second-order valence-corrected chi connectivity index (χ2v) is 6.13. The lowest BCUT2D eigenvalue weighted by Gasteiger charge is -2.08. The van der Waals surface area contributed by atoms with Gasteiger partial charge in [-0.25, -0.2) is 9.59 Å². The highest BCUT2D eigenvalue weighted by Gasteiger charge is 2.20. The summed E-state index contributed by atoms with van der Waals surface area (Å²) >= 11 is 6.00. The highest BCUT2D eigenvalue weighted by molar-refractivity contribution is 6.33. The average molecular weight is 341 g/mol. The van der Waals surface area contributed by atoms with Gasteiger partial charge in [0.2, 0.25) is 0 Å². The van der Waals surface area contributed by atoms with Crippen molar-refractivity contribution in [1.82, 2.24) is 0 Å². The number of carbonyl (C=O) groups is 1. The van der Waals surface area contributed by atoms with Gasteiger partial charge in [-0.3, -0.25) is 0 Å². The molecule has 0 aliphatic heterocycles. The summed E-state index contributed by atoms with van der Waals surface area (Å²) < 4.78 is 10.7. The molecule has 0 N–H and O–H groups in total. The van der Waals surface area contributed by atoms with E-state index in [9.17, 15) is 9.59 Å². The van der Waals surface area contributed by atoms with E-state index in [-0.39, 0.29) is 11.2 Å². The number of aryl methyl sites for hydroxylation is 1. The van der Waals surface area contributed by atoms with E-state index >= 15 is 0 Å². The van der Waals surface area contributed by atoms with E-state index in [1.54, 1.807) is 36.4 Å². The Hall–Kier alpha value is -2.59. The Labute approximate surface area is 142 Å². The number of rotatable bonds is 2. The molecule has 1 heterocycles. The summed E-state index contributed by atoms with van der Waals surface area (Å²) in [5, 5.41) is 1.23. The van der Waals surface area contributed by atoms with E-state index in [4.69, 9.17) is 20.8 Å². The van der Waals surface area contributed by atoms with Crippen LogP contribution in [0.2, 0.25) is 5.02 Å². The fourth-order valence-corrected chi connectivity index (χ4v) is 3.33. The van der Waals surface area contributed by atoms with Gasteiger partial charge in [-0.2, -0.15) is 0 Å². The van der Waals surface area contributed by atoms with Gasteiger partial charge >= 0.3 is 11.6 Å². The highest BCUT2D eigenvalue weighted by atomic mass is 35.5. The van der Waals surface area contributed by atoms with Crippen LogP contribution in [-0.4, -0.2) is 5.97 Å². The molecule has 3 aromatic rings. The van der Waals surface area contributed by atoms with Crippen LogP contribution in [-0.2, 0) is 12.8 Å². The lowest BCUT2D eigenvalue weighted by Crippen LogP contribution is -2.10. The third-order valence-electron chi connectivity index (χ3n) is 4.25. The van der Waals surface area contributed by atoms with Gasteiger partial charge in [0.25, 0.3) is 0 Å². The molecule has 1 aromatic heterocycles. The van der Waals surface area contributed by atoms with Crippen molar-refractivity contribution in [2.45, 2.75) is 19.3 Å². The Morgan fingerprint density at radius 1 is 1.08 bits per heavy atom. The van der Waals surface area contributed by atoms with Crippen LogP contribution in [0.5, 0.6) is 5.75 Å². The minimum Gasteiger partial charge on any atom is -0.423 e. The maximum absolute atomic E-state index is 12.2. The third kappa shape index (κ3) is 2.49. The van der Waals surface area contributed by atoms with Crippen LogP contribution in [0.25, 0.3) is 11.0 Å². The van der Waals surface area contributed by atoms with Gasteiger partial charge in [-0.05, 0) is 49.1 Å². The lowest BCUT2D eigenvalue weighted by atomic mass is 10.1. The van der Waals surface area contributed by atoms with Gasteiger partial charge in [-0.1, -0.05) is 23.7 Å². The average Bonchev–Trinajstić information content (AvgIpc) is 3.05. The maximum Gasteiger partial charge on any atom is 0.345 e. The minimum absolute atomic E-state index is 0.287. The molecule has 1 aliphatic carbocycles. The molecule has 0 atom stereocenters. The lowest BCUT2D eigenvalue weighted by molar-refractivity contribution is 0.0735. The first-order valence-electron chi connectivity index (χ1n) is 7.69. The van der Waals surface area contributed by atoms with Crippen molar-refractivity contribution >= 4 is 28.5 Å². The summed E-state index contributed by atoms with van der Waals surface area (Å²) in [7, 11) is 0. The fourth-order valence-electron chi connectivity index (χ4n) is 3.12. The highest BCUT2D eigenvalue weighted by Crippen LogP contribution is 2.30. The van der Waals surface area contributed by atoms with Gasteiger partial charge in [-0.15, -0.1) is 0 Å². The van der Waals surface area contributed by atoms with Crippen molar-refractivity contribution < 1.29 is 13.9 Å². The quantitative estimate of drug-likeness (QED) is 0.399. The topological polar surface area (TPSA) is 56.5 Å². The molecule has 2 aromatic carbocycles. The number of carbonyl (C=O) groups excluding carboxylic acids is 1. The molecule has 120 valence electrons. The molecule has 0 bridgehead atoms. The molecule has 0 fully saturated rings. The summed E-state index contributed by atoms with van der Waals surface area (Å²) in [6.07, 6.45) is 2.59. The molecule has 0 unspecified atom stereocenters. The van der Waals surface area contributed by atoms with Crippen molar-refractivity contribution in [2.75, 3.05) is 0 Å². The SMILES string of the molecule is O=C(Oc1ccc2c3c(c(=O)oc2c1)CCC3)c1ccccc1Cl. The first kappa shape index (κ1) is 15.0. The molecular weight excluding hydrogens is 328 g/mol. The van der Waals surface area contributed by atoms with E-state index in [0.717, 1.165) is 35.8 Å². The predicted molar refractivity (Wildman–Crippen MR) is 90.9 cm³/mol. The number of halogens is 1. The summed E-state index contributed by atoms with van der Waals surface area (Å²) in [6, 6.07) is 11.8. The van der Waals surface area contributed by atoms with Crippen LogP contribution < -0.4 is 10.4 Å². The first-order chi connectivity index (χ1) is 11.6. The van der Waals surface area contributed by atoms with Crippen LogP contribution in [0.15, 0.2) is 51.7 Å². The Kier molecular flexibility index (Phi) is 3.62. The zero-order chi connectivity index (χ0) is 16.7. The molecule has 0 radical (unpaired) electrons. The molecular formula is C19H13ClO4. The smallest absolute Gasteiger partial charge is 0.345 e. The zero-order valence-electron chi connectivity index (χ0n) is 12.7. The van der Waals surface area contributed by atoms with Gasteiger partial charge in [0.05, 0.1) is 10.6 Å². The van der Waals surface area contributed by atoms with Crippen LogP contribution in [0.4, 0.5) is 0 Å². The van der Waals surface area contributed by atoms with E-state index in [1.807, 2.05) is 6.07 Å². The summed E-state index contributed by atoms with van der Waals surface area (Å²) in [4.78, 5) is 24.3. The molecule has 4 nitrogen and oxygen atoms in total. The number of hydrogen-bond donors (Lipinski definition) is 0. The molecule has 24 heavy (non-hydrogen) atoms. The van der Waals surface area contributed by atoms with Crippen LogP contribution in [0.3, 0.4) is 0 Å². The van der Waals surface area contributed by atoms with Gasteiger partial charge in [0.1, 0.15) is 11.3 Å². The van der Waals surface area contributed by atoms with Crippen molar-refractivity contribution in [3.05, 3.63) is 74.6 Å². The number of benzene rings is 2. The van der Waals surface area contributed by atoms with Gasteiger partial charge in [0.15, 0.2) is 0 Å².